The van der Waals surface area contributed by atoms with Gasteiger partial charge in [0.2, 0.25) is 5.91 Å². The van der Waals surface area contributed by atoms with Crippen molar-refractivity contribution in [1.82, 2.24) is 9.88 Å². The molecular weight excluding hydrogens is 312 g/mol. The zero-order valence-corrected chi connectivity index (χ0v) is 13.3. The van der Waals surface area contributed by atoms with Crippen LogP contribution in [0.3, 0.4) is 0 Å². The monoisotopic (exact) mass is 328 g/mol. The van der Waals surface area contributed by atoms with Crippen molar-refractivity contribution in [3.63, 3.8) is 0 Å². The van der Waals surface area contributed by atoms with Gasteiger partial charge in [-0.3, -0.25) is 4.79 Å². The summed E-state index contributed by atoms with van der Waals surface area (Å²) in [6.07, 6.45) is 4.94. The Morgan fingerprint density at radius 3 is 3.13 bits per heavy atom. The van der Waals surface area contributed by atoms with Gasteiger partial charge >= 0.3 is 0 Å². The van der Waals surface area contributed by atoms with Crippen molar-refractivity contribution in [3.05, 3.63) is 59.1 Å². The lowest BCUT2D eigenvalue weighted by Crippen LogP contribution is -2.29. The van der Waals surface area contributed by atoms with Crippen molar-refractivity contribution >= 4 is 28.4 Å². The quantitative estimate of drug-likeness (QED) is 0.790. The van der Waals surface area contributed by atoms with E-state index in [4.69, 9.17) is 16.0 Å². The van der Waals surface area contributed by atoms with Crippen LogP contribution in [-0.2, 0) is 11.2 Å². The van der Waals surface area contributed by atoms with Gasteiger partial charge in [0, 0.05) is 41.1 Å². The van der Waals surface area contributed by atoms with E-state index in [9.17, 15) is 4.79 Å². The summed E-state index contributed by atoms with van der Waals surface area (Å²) < 4.78 is 5.46. The standard InChI is InChI=1S/C18H17ClN2O2/c19-14-3-4-16-15(9-14)13(10-20-16)8-18(22)21-6-5-12(11-21)17-2-1-7-23-17/h1-4,7,9-10,12,20H,5-6,8,11H2. The van der Waals surface area contributed by atoms with Crippen LogP contribution in [-0.4, -0.2) is 28.9 Å². The number of halogens is 1. The van der Waals surface area contributed by atoms with Crippen LogP contribution in [0, 0.1) is 0 Å². The maximum absolute atomic E-state index is 12.6. The van der Waals surface area contributed by atoms with Crippen LogP contribution in [0.5, 0.6) is 0 Å². The molecule has 1 unspecified atom stereocenters. The Kier molecular flexibility index (Phi) is 3.62. The van der Waals surface area contributed by atoms with E-state index in [1.165, 1.54) is 0 Å². The van der Waals surface area contributed by atoms with Gasteiger partial charge in [-0.15, -0.1) is 0 Å². The number of likely N-dealkylation sites (tertiary alicyclic amines) is 1. The highest BCUT2D eigenvalue weighted by molar-refractivity contribution is 6.31. The molecule has 1 N–H and O–H groups in total. The second kappa shape index (κ2) is 5.78. The van der Waals surface area contributed by atoms with Gasteiger partial charge in [0.25, 0.3) is 0 Å². The summed E-state index contributed by atoms with van der Waals surface area (Å²) in [5.41, 5.74) is 2.00. The lowest BCUT2D eigenvalue weighted by Gasteiger charge is -2.16. The van der Waals surface area contributed by atoms with Gasteiger partial charge in [0.05, 0.1) is 12.7 Å². The summed E-state index contributed by atoms with van der Waals surface area (Å²) in [5.74, 6) is 1.44. The van der Waals surface area contributed by atoms with Crippen molar-refractivity contribution < 1.29 is 9.21 Å². The molecular formula is C18H17ClN2O2. The van der Waals surface area contributed by atoms with E-state index in [1.807, 2.05) is 41.4 Å². The number of aromatic amines is 1. The Morgan fingerprint density at radius 2 is 2.30 bits per heavy atom. The first kappa shape index (κ1) is 14.4. The van der Waals surface area contributed by atoms with Gasteiger partial charge in [0.1, 0.15) is 5.76 Å². The fourth-order valence-electron chi connectivity index (χ4n) is 3.31. The Labute approximate surface area is 139 Å². The number of hydrogen-bond donors (Lipinski definition) is 1. The van der Waals surface area contributed by atoms with Crippen LogP contribution in [0.4, 0.5) is 0 Å². The molecule has 1 atom stereocenters. The fourth-order valence-corrected chi connectivity index (χ4v) is 3.49. The van der Waals surface area contributed by atoms with Crippen LogP contribution in [0.15, 0.2) is 47.2 Å². The first-order valence-corrected chi connectivity index (χ1v) is 8.15. The minimum Gasteiger partial charge on any atom is -0.469 e. The fraction of sp³-hybridized carbons (Fsp3) is 0.278. The van der Waals surface area contributed by atoms with Crippen molar-refractivity contribution in [2.75, 3.05) is 13.1 Å². The summed E-state index contributed by atoms with van der Waals surface area (Å²) in [4.78, 5) is 17.7. The molecule has 0 saturated carbocycles. The summed E-state index contributed by atoms with van der Waals surface area (Å²) in [6, 6.07) is 9.58. The molecule has 1 amide bonds. The van der Waals surface area contributed by atoms with Crippen molar-refractivity contribution in [2.45, 2.75) is 18.8 Å². The number of nitrogens with one attached hydrogen (secondary N) is 1. The average Bonchev–Trinajstić information content (AvgIpc) is 3.27. The molecule has 4 rings (SSSR count). The van der Waals surface area contributed by atoms with Crippen molar-refractivity contribution in [2.24, 2.45) is 0 Å². The first-order chi connectivity index (χ1) is 11.2. The van der Waals surface area contributed by atoms with Crippen molar-refractivity contribution in [1.29, 1.82) is 0 Å². The number of benzene rings is 1. The van der Waals surface area contributed by atoms with Crippen LogP contribution in [0.1, 0.15) is 23.7 Å². The number of aromatic nitrogens is 1. The molecule has 0 bridgehead atoms. The van der Waals surface area contributed by atoms with Crippen LogP contribution in [0.2, 0.25) is 5.02 Å². The van der Waals surface area contributed by atoms with Gasteiger partial charge in [0.15, 0.2) is 0 Å². The SMILES string of the molecule is O=C(Cc1c[nH]c2ccc(Cl)cc12)N1CCC(c2ccco2)C1. The third kappa shape index (κ3) is 2.75. The minimum atomic E-state index is 0.153. The van der Waals surface area contributed by atoms with Gasteiger partial charge in [-0.25, -0.2) is 0 Å². The number of hydrogen-bond acceptors (Lipinski definition) is 2. The van der Waals surface area contributed by atoms with Crippen LogP contribution >= 0.6 is 11.6 Å². The highest BCUT2D eigenvalue weighted by Gasteiger charge is 2.29. The molecule has 1 aliphatic rings. The largest absolute Gasteiger partial charge is 0.469 e. The molecule has 1 saturated heterocycles. The smallest absolute Gasteiger partial charge is 0.227 e. The number of furan rings is 1. The molecule has 4 nitrogen and oxygen atoms in total. The van der Waals surface area contributed by atoms with E-state index in [0.29, 0.717) is 17.4 Å². The van der Waals surface area contributed by atoms with E-state index in [0.717, 1.165) is 41.7 Å². The number of H-pyrrole nitrogens is 1. The molecule has 5 heteroatoms. The molecule has 0 aliphatic carbocycles. The number of amides is 1. The number of nitrogens with zero attached hydrogens (tertiary/aromatic N) is 1. The molecule has 1 fully saturated rings. The molecule has 1 aliphatic heterocycles. The lowest BCUT2D eigenvalue weighted by atomic mass is 10.1. The van der Waals surface area contributed by atoms with E-state index in [2.05, 4.69) is 4.98 Å². The third-order valence-electron chi connectivity index (χ3n) is 4.56. The third-order valence-corrected chi connectivity index (χ3v) is 4.79. The molecule has 118 valence electrons. The summed E-state index contributed by atoms with van der Waals surface area (Å²) in [5, 5.41) is 1.71. The van der Waals surface area contributed by atoms with Crippen molar-refractivity contribution in [3.8, 4) is 0 Å². The number of rotatable bonds is 3. The van der Waals surface area contributed by atoms with E-state index in [1.54, 1.807) is 6.26 Å². The Hall–Kier alpha value is -2.20. The summed E-state index contributed by atoms with van der Waals surface area (Å²) in [7, 11) is 0. The Morgan fingerprint density at radius 1 is 1.39 bits per heavy atom. The van der Waals surface area contributed by atoms with E-state index >= 15 is 0 Å². The van der Waals surface area contributed by atoms with Crippen LogP contribution in [0.25, 0.3) is 10.9 Å². The lowest BCUT2D eigenvalue weighted by molar-refractivity contribution is -0.129. The normalized spacial score (nSPS) is 18.0. The number of carbonyl (C=O) groups is 1. The predicted molar refractivity (Wildman–Crippen MR) is 89.7 cm³/mol. The number of carbonyl (C=O) groups excluding carboxylic acids is 1. The minimum absolute atomic E-state index is 0.153. The molecule has 3 heterocycles. The van der Waals surface area contributed by atoms with Gasteiger partial charge < -0.3 is 14.3 Å². The van der Waals surface area contributed by atoms with Gasteiger partial charge in [-0.05, 0) is 42.3 Å². The zero-order valence-electron chi connectivity index (χ0n) is 12.6. The summed E-state index contributed by atoms with van der Waals surface area (Å²) >= 11 is 6.07. The highest BCUT2D eigenvalue weighted by atomic mass is 35.5. The molecule has 2 aromatic heterocycles. The Balaban J connectivity index is 1.48. The maximum Gasteiger partial charge on any atom is 0.227 e. The topological polar surface area (TPSA) is 49.2 Å². The second-order valence-electron chi connectivity index (χ2n) is 6.02. The van der Waals surface area contributed by atoms with Gasteiger partial charge in [-0.2, -0.15) is 0 Å². The highest BCUT2D eigenvalue weighted by Crippen LogP contribution is 2.29. The molecule has 0 spiro atoms. The molecule has 23 heavy (non-hydrogen) atoms. The zero-order chi connectivity index (χ0) is 15.8. The molecule has 0 radical (unpaired) electrons. The molecule has 1 aromatic carbocycles. The van der Waals surface area contributed by atoms with Crippen LogP contribution < -0.4 is 0 Å². The van der Waals surface area contributed by atoms with E-state index in [-0.39, 0.29) is 5.91 Å². The molecule has 3 aromatic rings. The second-order valence-corrected chi connectivity index (χ2v) is 6.46. The van der Waals surface area contributed by atoms with E-state index < -0.39 is 0 Å². The average molecular weight is 329 g/mol. The Bertz CT molecular complexity index is 838. The number of fused-ring (bicyclic) bond motifs is 1. The maximum atomic E-state index is 12.6. The first-order valence-electron chi connectivity index (χ1n) is 7.77. The predicted octanol–water partition coefficient (Wildman–Crippen LogP) is 3.97. The summed E-state index contributed by atoms with van der Waals surface area (Å²) in [6.45, 7) is 1.52. The van der Waals surface area contributed by atoms with Gasteiger partial charge in [-0.1, -0.05) is 11.6 Å².